The van der Waals surface area contributed by atoms with Crippen molar-refractivity contribution in [2.45, 2.75) is 19.8 Å². The molecule has 1 rings (SSSR count). The van der Waals surface area contributed by atoms with Crippen LogP contribution >= 0.6 is 34.5 Å². The molecule has 0 unspecified atom stereocenters. The number of hydrogen-bond donors (Lipinski definition) is 0. The molecular weight excluding hydrogens is 215 g/mol. The van der Waals surface area contributed by atoms with Crippen molar-refractivity contribution in [1.82, 2.24) is 0 Å². The van der Waals surface area contributed by atoms with Crippen LogP contribution in [0.5, 0.6) is 0 Å². The summed E-state index contributed by atoms with van der Waals surface area (Å²) in [5.74, 6) is 0.0747. The fourth-order valence-electron chi connectivity index (χ4n) is 0.892. The number of carbonyl (C=O) groups is 1. The van der Waals surface area contributed by atoms with Crippen molar-refractivity contribution in [3.63, 3.8) is 0 Å². The summed E-state index contributed by atoms with van der Waals surface area (Å²) in [4.78, 5) is 11.3. The maximum absolute atomic E-state index is 11.3. The van der Waals surface area contributed by atoms with E-state index in [1.165, 1.54) is 11.3 Å². The molecule has 0 amide bonds. The van der Waals surface area contributed by atoms with E-state index in [2.05, 4.69) is 0 Å². The van der Waals surface area contributed by atoms with Gasteiger partial charge < -0.3 is 0 Å². The van der Waals surface area contributed by atoms with Gasteiger partial charge in [0.15, 0.2) is 5.78 Å². The van der Waals surface area contributed by atoms with Crippen LogP contribution in [-0.4, -0.2) is 5.78 Å². The third kappa shape index (κ3) is 2.22. The van der Waals surface area contributed by atoms with E-state index in [1.54, 1.807) is 6.07 Å². The van der Waals surface area contributed by atoms with Gasteiger partial charge in [0.25, 0.3) is 0 Å². The number of rotatable bonds is 3. The van der Waals surface area contributed by atoms with Crippen molar-refractivity contribution < 1.29 is 4.79 Å². The van der Waals surface area contributed by atoms with Crippen molar-refractivity contribution in [2.24, 2.45) is 0 Å². The molecule has 0 spiro atoms. The minimum Gasteiger partial charge on any atom is -0.294 e. The first-order valence-corrected chi connectivity index (χ1v) is 5.20. The Kier molecular flexibility index (Phi) is 3.56. The highest BCUT2D eigenvalue weighted by molar-refractivity contribution is 7.20. The van der Waals surface area contributed by atoms with Crippen molar-refractivity contribution >= 4 is 40.3 Å². The average molecular weight is 223 g/mol. The lowest BCUT2D eigenvalue weighted by atomic mass is 10.1. The lowest BCUT2D eigenvalue weighted by Gasteiger charge is -1.93. The molecule has 1 aromatic heterocycles. The smallest absolute Gasteiger partial charge is 0.165 e. The summed E-state index contributed by atoms with van der Waals surface area (Å²) >= 11 is 12.7. The lowest BCUT2D eigenvalue weighted by molar-refractivity contribution is 0.0982. The van der Waals surface area contributed by atoms with Crippen LogP contribution in [0.4, 0.5) is 0 Å². The second kappa shape index (κ2) is 4.26. The third-order valence-corrected chi connectivity index (χ3v) is 2.92. The molecule has 0 saturated carbocycles. The fourth-order valence-corrected chi connectivity index (χ4v) is 2.39. The number of halogens is 2. The Morgan fingerprint density at radius 1 is 1.58 bits per heavy atom. The highest BCUT2D eigenvalue weighted by Crippen LogP contribution is 2.31. The molecule has 1 heterocycles. The van der Waals surface area contributed by atoms with Crippen LogP contribution < -0.4 is 0 Å². The first-order valence-electron chi connectivity index (χ1n) is 3.63. The molecular formula is C8H8Cl2OS. The van der Waals surface area contributed by atoms with E-state index in [0.29, 0.717) is 20.7 Å². The molecule has 12 heavy (non-hydrogen) atoms. The largest absolute Gasteiger partial charge is 0.294 e. The van der Waals surface area contributed by atoms with E-state index in [9.17, 15) is 4.79 Å². The van der Waals surface area contributed by atoms with E-state index in [0.717, 1.165) is 6.42 Å². The normalized spacial score (nSPS) is 10.2. The van der Waals surface area contributed by atoms with E-state index in [4.69, 9.17) is 23.2 Å². The summed E-state index contributed by atoms with van der Waals surface area (Å²) < 4.78 is 1.07. The molecule has 66 valence electrons. The van der Waals surface area contributed by atoms with Gasteiger partial charge in [-0.3, -0.25) is 4.79 Å². The molecule has 0 aliphatic heterocycles. The minimum absolute atomic E-state index is 0.0747. The van der Waals surface area contributed by atoms with E-state index in [1.807, 2.05) is 6.92 Å². The Morgan fingerprint density at radius 3 is 2.67 bits per heavy atom. The van der Waals surface area contributed by atoms with Gasteiger partial charge in [-0.1, -0.05) is 30.1 Å². The Hall–Kier alpha value is -0.0500. The standard InChI is InChI=1S/C8H8Cl2OS/c1-2-3-6(11)5-4-7(9)12-8(5)10/h4H,2-3H2,1H3. The first-order chi connectivity index (χ1) is 5.65. The SMILES string of the molecule is CCCC(=O)c1cc(Cl)sc1Cl. The predicted molar refractivity (Wildman–Crippen MR) is 53.6 cm³/mol. The fraction of sp³-hybridized carbons (Fsp3) is 0.375. The van der Waals surface area contributed by atoms with Crippen molar-refractivity contribution in [3.05, 3.63) is 20.3 Å². The molecule has 1 nitrogen and oxygen atoms in total. The van der Waals surface area contributed by atoms with Gasteiger partial charge in [0.2, 0.25) is 0 Å². The van der Waals surface area contributed by atoms with Crippen molar-refractivity contribution in [3.8, 4) is 0 Å². The second-order valence-corrected chi connectivity index (χ2v) is 4.70. The molecule has 0 fully saturated rings. The van der Waals surface area contributed by atoms with Crippen LogP contribution in [0.3, 0.4) is 0 Å². The highest BCUT2D eigenvalue weighted by atomic mass is 35.5. The molecule has 1 aromatic rings. The van der Waals surface area contributed by atoms with Crippen LogP contribution in [0.15, 0.2) is 6.07 Å². The quantitative estimate of drug-likeness (QED) is 0.706. The maximum Gasteiger partial charge on any atom is 0.165 e. The predicted octanol–water partition coefficient (Wildman–Crippen LogP) is 4.04. The topological polar surface area (TPSA) is 17.1 Å². The Morgan fingerprint density at radius 2 is 2.25 bits per heavy atom. The monoisotopic (exact) mass is 222 g/mol. The summed E-state index contributed by atoms with van der Waals surface area (Å²) in [6.07, 6.45) is 1.37. The lowest BCUT2D eigenvalue weighted by Crippen LogP contribution is -1.95. The van der Waals surface area contributed by atoms with Crippen molar-refractivity contribution in [1.29, 1.82) is 0 Å². The van der Waals surface area contributed by atoms with Crippen molar-refractivity contribution in [2.75, 3.05) is 0 Å². The molecule has 0 saturated heterocycles. The first kappa shape index (κ1) is 10.0. The van der Waals surface area contributed by atoms with Crippen LogP contribution in [0.25, 0.3) is 0 Å². The molecule has 0 aliphatic rings. The Labute approximate surface area is 85.3 Å². The average Bonchev–Trinajstić information content (AvgIpc) is 2.30. The third-order valence-electron chi connectivity index (χ3n) is 1.43. The van der Waals surface area contributed by atoms with Gasteiger partial charge in [0, 0.05) is 12.0 Å². The summed E-state index contributed by atoms with van der Waals surface area (Å²) in [6.45, 7) is 1.96. The van der Waals surface area contributed by atoms with Gasteiger partial charge in [-0.15, -0.1) is 11.3 Å². The summed E-state index contributed by atoms with van der Waals surface area (Å²) in [7, 11) is 0. The van der Waals surface area contributed by atoms with Gasteiger partial charge in [-0.2, -0.15) is 0 Å². The summed E-state index contributed by atoms with van der Waals surface area (Å²) in [5.41, 5.74) is 0.563. The molecule has 0 bridgehead atoms. The molecule has 4 heteroatoms. The molecule has 0 N–H and O–H groups in total. The zero-order valence-corrected chi connectivity index (χ0v) is 8.89. The van der Waals surface area contributed by atoms with E-state index in [-0.39, 0.29) is 5.78 Å². The van der Waals surface area contributed by atoms with Crippen LogP contribution in [0.1, 0.15) is 30.1 Å². The molecule has 0 radical (unpaired) electrons. The van der Waals surface area contributed by atoms with Gasteiger partial charge in [0.1, 0.15) is 4.34 Å². The van der Waals surface area contributed by atoms with Crippen LogP contribution in [0.2, 0.25) is 8.67 Å². The Balaban J connectivity index is 2.87. The number of carbonyl (C=O) groups excluding carboxylic acids is 1. The zero-order chi connectivity index (χ0) is 9.14. The van der Waals surface area contributed by atoms with Gasteiger partial charge >= 0.3 is 0 Å². The maximum atomic E-state index is 11.3. The molecule has 0 aliphatic carbocycles. The van der Waals surface area contributed by atoms with E-state index >= 15 is 0 Å². The number of Topliss-reactive ketones (excluding diaryl/α,β-unsaturated/α-hetero) is 1. The second-order valence-electron chi connectivity index (χ2n) is 2.41. The number of ketones is 1. The van der Waals surface area contributed by atoms with E-state index < -0.39 is 0 Å². The van der Waals surface area contributed by atoms with Gasteiger partial charge in [-0.25, -0.2) is 0 Å². The summed E-state index contributed by atoms with van der Waals surface area (Å²) in [5, 5.41) is 0. The minimum atomic E-state index is 0.0747. The van der Waals surface area contributed by atoms with Crippen LogP contribution in [0, 0.1) is 0 Å². The Bertz CT molecular complexity index is 293. The molecule has 0 aromatic carbocycles. The van der Waals surface area contributed by atoms with Gasteiger partial charge in [0.05, 0.1) is 4.34 Å². The molecule has 0 atom stereocenters. The number of hydrogen-bond acceptors (Lipinski definition) is 2. The van der Waals surface area contributed by atoms with Crippen LogP contribution in [-0.2, 0) is 0 Å². The zero-order valence-electron chi connectivity index (χ0n) is 6.56. The number of thiophene rings is 1. The summed E-state index contributed by atoms with van der Waals surface area (Å²) in [6, 6.07) is 1.63. The van der Waals surface area contributed by atoms with Gasteiger partial charge in [-0.05, 0) is 12.5 Å². The highest BCUT2D eigenvalue weighted by Gasteiger charge is 2.12.